The minimum Gasteiger partial charge on any atom is -0.481 e. The molecule has 1 saturated heterocycles. The molecule has 4 rings (SSSR count). The van der Waals surface area contributed by atoms with Gasteiger partial charge in [0.15, 0.2) is 0 Å². The Hall–Kier alpha value is -3.43. The molecule has 1 fully saturated rings. The molecule has 9 heteroatoms. The van der Waals surface area contributed by atoms with E-state index in [1.54, 1.807) is 0 Å². The van der Waals surface area contributed by atoms with Crippen LogP contribution in [0.25, 0.3) is 11.1 Å². The Balaban J connectivity index is 1.17. The van der Waals surface area contributed by atoms with Gasteiger partial charge < -0.3 is 29.5 Å². The van der Waals surface area contributed by atoms with Crippen molar-refractivity contribution in [1.29, 1.82) is 0 Å². The lowest BCUT2D eigenvalue weighted by molar-refractivity contribution is -0.144. The fourth-order valence-corrected chi connectivity index (χ4v) is 4.31. The maximum absolute atomic E-state index is 12.3. The lowest BCUT2D eigenvalue weighted by atomic mass is 9.98. The largest absolute Gasteiger partial charge is 0.481 e. The third-order valence-electron chi connectivity index (χ3n) is 6.05. The van der Waals surface area contributed by atoms with Crippen LogP contribution in [0.3, 0.4) is 0 Å². The number of hydrogen-bond donors (Lipinski definition) is 2. The molecule has 1 heterocycles. The van der Waals surface area contributed by atoms with Crippen molar-refractivity contribution < 1.29 is 33.7 Å². The number of alkyl carbamates (subject to hydrolysis) is 1. The van der Waals surface area contributed by atoms with E-state index in [0.717, 1.165) is 22.3 Å². The summed E-state index contributed by atoms with van der Waals surface area (Å²) in [7, 11) is 0. The number of ether oxygens (including phenoxy) is 3. The molecule has 34 heavy (non-hydrogen) atoms. The van der Waals surface area contributed by atoms with Gasteiger partial charge in [0.2, 0.25) is 5.91 Å². The standard InChI is InChI=1S/C25H28N2O7/c28-23(27-10-12-33-14-17(13-27)24(29)30)16-32-11-9-26-25(31)34-15-22-20-7-3-1-5-18(20)19-6-2-4-8-21(19)22/h1-8,17,22H,9-16H2,(H,26,31)(H,29,30). The monoisotopic (exact) mass is 468 g/mol. The first kappa shape index (κ1) is 23.7. The van der Waals surface area contributed by atoms with Gasteiger partial charge in [0.25, 0.3) is 0 Å². The zero-order chi connectivity index (χ0) is 23.9. The lowest BCUT2D eigenvalue weighted by Gasteiger charge is -2.21. The molecule has 0 aromatic heterocycles. The van der Waals surface area contributed by atoms with Gasteiger partial charge in [-0.15, -0.1) is 0 Å². The van der Waals surface area contributed by atoms with Gasteiger partial charge in [-0.2, -0.15) is 0 Å². The van der Waals surface area contributed by atoms with Crippen LogP contribution in [-0.2, 0) is 23.8 Å². The number of carboxylic acid groups (broad SMARTS) is 1. The van der Waals surface area contributed by atoms with Crippen molar-refractivity contribution in [1.82, 2.24) is 10.2 Å². The van der Waals surface area contributed by atoms with Gasteiger partial charge in [-0.1, -0.05) is 48.5 Å². The Morgan fingerprint density at radius 3 is 2.41 bits per heavy atom. The van der Waals surface area contributed by atoms with E-state index >= 15 is 0 Å². The zero-order valence-electron chi connectivity index (χ0n) is 18.8. The Morgan fingerprint density at radius 2 is 1.74 bits per heavy atom. The molecule has 2 aromatic carbocycles. The first-order chi connectivity index (χ1) is 16.5. The number of amides is 2. The van der Waals surface area contributed by atoms with Crippen LogP contribution in [0.5, 0.6) is 0 Å². The first-order valence-corrected chi connectivity index (χ1v) is 11.3. The van der Waals surface area contributed by atoms with Gasteiger partial charge in [0.1, 0.15) is 13.2 Å². The molecule has 180 valence electrons. The van der Waals surface area contributed by atoms with E-state index in [4.69, 9.17) is 19.3 Å². The summed E-state index contributed by atoms with van der Waals surface area (Å²) in [6.45, 7) is 1.13. The van der Waals surface area contributed by atoms with Crippen molar-refractivity contribution in [3.63, 3.8) is 0 Å². The number of carboxylic acids is 1. The lowest BCUT2D eigenvalue weighted by Crippen LogP contribution is -2.40. The molecule has 9 nitrogen and oxygen atoms in total. The number of nitrogens with zero attached hydrogens (tertiary/aromatic N) is 1. The van der Waals surface area contributed by atoms with Crippen molar-refractivity contribution >= 4 is 18.0 Å². The molecule has 0 saturated carbocycles. The van der Waals surface area contributed by atoms with E-state index in [-0.39, 0.29) is 51.3 Å². The molecule has 1 aliphatic heterocycles. The third-order valence-corrected chi connectivity index (χ3v) is 6.05. The Kier molecular flexibility index (Phi) is 7.76. The van der Waals surface area contributed by atoms with E-state index in [9.17, 15) is 14.4 Å². The highest BCUT2D eigenvalue weighted by Gasteiger charge is 2.29. The van der Waals surface area contributed by atoms with Crippen LogP contribution in [0.15, 0.2) is 48.5 Å². The molecule has 1 atom stereocenters. The number of carbonyl (C=O) groups is 3. The van der Waals surface area contributed by atoms with Gasteiger partial charge in [-0.05, 0) is 22.3 Å². The molecular formula is C25H28N2O7. The summed E-state index contributed by atoms with van der Waals surface area (Å²) in [6, 6.07) is 16.2. The van der Waals surface area contributed by atoms with Gasteiger partial charge in [0, 0.05) is 25.6 Å². The number of rotatable bonds is 8. The van der Waals surface area contributed by atoms with Gasteiger partial charge in [-0.25, -0.2) is 4.79 Å². The van der Waals surface area contributed by atoms with Crippen molar-refractivity contribution in [3.8, 4) is 11.1 Å². The van der Waals surface area contributed by atoms with Gasteiger partial charge in [-0.3, -0.25) is 9.59 Å². The normalized spacial score (nSPS) is 17.4. The molecule has 0 spiro atoms. The third kappa shape index (κ3) is 5.55. The van der Waals surface area contributed by atoms with Gasteiger partial charge >= 0.3 is 12.1 Å². The van der Waals surface area contributed by atoms with Crippen LogP contribution >= 0.6 is 0 Å². The highest BCUT2D eigenvalue weighted by Crippen LogP contribution is 2.44. The van der Waals surface area contributed by atoms with Crippen LogP contribution < -0.4 is 5.32 Å². The molecule has 2 amide bonds. The second-order valence-electron chi connectivity index (χ2n) is 8.25. The Labute approximate surface area is 197 Å². The molecule has 2 aromatic rings. The van der Waals surface area contributed by atoms with E-state index < -0.39 is 18.0 Å². The van der Waals surface area contributed by atoms with Crippen molar-refractivity contribution in [3.05, 3.63) is 59.7 Å². The molecular weight excluding hydrogens is 440 g/mol. The average molecular weight is 469 g/mol. The van der Waals surface area contributed by atoms with E-state index in [0.29, 0.717) is 13.2 Å². The fraction of sp³-hybridized carbons (Fsp3) is 0.400. The Bertz CT molecular complexity index is 996. The highest BCUT2D eigenvalue weighted by atomic mass is 16.5. The number of hydrogen-bond acceptors (Lipinski definition) is 6. The summed E-state index contributed by atoms with van der Waals surface area (Å²) in [4.78, 5) is 37.1. The number of nitrogens with one attached hydrogen (secondary N) is 1. The molecule has 0 radical (unpaired) electrons. The summed E-state index contributed by atoms with van der Waals surface area (Å²) >= 11 is 0. The van der Waals surface area contributed by atoms with E-state index in [1.807, 2.05) is 24.3 Å². The van der Waals surface area contributed by atoms with Crippen LogP contribution in [-0.4, -0.2) is 80.6 Å². The highest BCUT2D eigenvalue weighted by molar-refractivity contribution is 5.79. The molecule has 2 N–H and O–H groups in total. The average Bonchev–Trinajstić information content (AvgIpc) is 2.98. The van der Waals surface area contributed by atoms with Crippen LogP contribution in [0.4, 0.5) is 4.79 Å². The minimum absolute atomic E-state index is 0.0146. The summed E-state index contributed by atoms with van der Waals surface area (Å²) in [5, 5.41) is 11.8. The van der Waals surface area contributed by atoms with Crippen LogP contribution in [0.1, 0.15) is 17.0 Å². The maximum Gasteiger partial charge on any atom is 0.407 e. The Morgan fingerprint density at radius 1 is 1.06 bits per heavy atom. The number of aliphatic carboxylic acids is 1. The summed E-state index contributed by atoms with van der Waals surface area (Å²) in [5.74, 6) is -2.06. The molecule has 1 unspecified atom stereocenters. The fourth-order valence-electron chi connectivity index (χ4n) is 4.31. The van der Waals surface area contributed by atoms with E-state index in [1.165, 1.54) is 4.90 Å². The second-order valence-corrected chi connectivity index (χ2v) is 8.25. The quantitative estimate of drug-likeness (QED) is 0.570. The summed E-state index contributed by atoms with van der Waals surface area (Å²) in [5.41, 5.74) is 4.61. The maximum atomic E-state index is 12.3. The number of benzene rings is 2. The zero-order valence-corrected chi connectivity index (χ0v) is 18.8. The van der Waals surface area contributed by atoms with Crippen LogP contribution in [0.2, 0.25) is 0 Å². The summed E-state index contributed by atoms with van der Waals surface area (Å²) in [6.07, 6.45) is -0.550. The topological polar surface area (TPSA) is 114 Å². The molecule has 0 bridgehead atoms. The van der Waals surface area contributed by atoms with Crippen molar-refractivity contribution in [2.24, 2.45) is 5.92 Å². The predicted molar refractivity (Wildman–Crippen MR) is 122 cm³/mol. The SMILES string of the molecule is O=C(NCCOCC(=O)N1CCOCC(C(=O)O)C1)OCC1c2ccccc2-c2ccccc21. The second kappa shape index (κ2) is 11.1. The van der Waals surface area contributed by atoms with Crippen molar-refractivity contribution in [2.45, 2.75) is 5.92 Å². The minimum atomic E-state index is -0.993. The smallest absolute Gasteiger partial charge is 0.407 e. The predicted octanol–water partition coefficient (Wildman–Crippen LogP) is 2.10. The van der Waals surface area contributed by atoms with Crippen LogP contribution in [0, 0.1) is 5.92 Å². The summed E-state index contributed by atoms with van der Waals surface area (Å²) < 4.78 is 16.1. The molecule has 2 aliphatic rings. The van der Waals surface area contributed by atoms with Crippen molar-refractivity contribution in [2.75, 3.05) is 52.7 Å². The van der Waals surface area contributed by atoms with Gasteiger partial charge in [0.05, 0.1) is 25.7 Å². The number of carbonyl (C=O) groups excluding carboxylic acids is 2. The molecule has 1 aliphatic carbocycles. The number of fused-ring (bicyclic) bond motifs is 3. The first-order valence-electron chi connectivity index (χ1n) is 11.3. The van der Waals surface area contributed by atoms with E-state index in [2.05, 4.69) is 29.6 Å².